The lowest BCUT2D eigenvalue weighted by Crippen LogP contribution is -2.30. The van der Waals surface area contributed by atoms with Crippen molar-refractivity contribution in [1.29, 1.82) is 0 Å². The van der Waals surface area contributed by atoms with E-state index in [1.54, 1.807) is 0 Å². The monoisotopic (exact) mass is 1100 g/mol. The number of hydrogen-bond donors (Lipinski definition) is 0. The molecule has 0 aromatic heterocycles. The van der Waals surface area contributed by atoms with Gasteiger partial charge in [-0.15, -0.1) is 0 Å². The van der Waals surface area contributed by atoms with E-state index in [-0.39, 0.29) is 31.1 Å². The van der Waals surface area contributed by atoms with Crippen molar-refractivity contribution in [1.82, 2.24) is 0 Å². The average Bonchev–Trinajstić information content (AvgIpc) is 3.45. The number of allylic oxidation sites excluding steroid dienone is 12. The predicted octanol–water partition coefficient (Wildman–Crippen LogP) is 23.7. The Morgan fingerprint density at radius 2 is 0.456 bits per heavy atom. The Kier molecular flexibility index (Phi) is 64.7. The second-order valence-electron chi connectivity index (χ2n) is 23.1. The molecule has 0 radical (unpaired) electrons. The number of carbonyl (C=O) groups excluding carboxylic acids is 3. The largest absolute Gasteiger partial charge is 0.462 e. The van der Waals surface area contributed by atoms with Crippen LogP contribution in [0.5, 0.6) is 0 Å². The van der Waals surface area contributed by atoms with Crippen molar-refractivity contribution in [2.24, 2.45) is 0 Å². The molecule has 0 aliphatic heterocycles. The van der Waals surface area contributed by atoms with Gasteiger partial charge in [0.2, 0.25) is 0 Å². The zero-order chi connectivity index (χ0) is 57.1. The fourth-order valence-electron chi connectivity index (χ4n) is 9.95. The molecule has 0 saturated heterocycles. The fraction of sp³-hybridized carbons (Fsp3) is 0.795. The molecule has 0 fully saturated rings. The first kappa shape index (κ1) is 75.8. The Hall–Kier alpha value is -3.15. The van der Waals surface area contributed by atoms with Gasteiger partial charge in [-0.25, -0.2) is 0 Å². The highest BCUT2D eigenvalue weighted by Gasteiger charge is 2.19. The summed E-state index contributed by atoms with van der Waals surface area (Å²) in [5.74, 6) is -0.900. The summed E-state index contributed by atoms with van der Waals surface area (Å²) in [5.41, 5.74) is 0. The molecule has 0 atom stereocenters. The highest BCUT2D eigenvalue weighted by Crippen LogP contribution is 2.17. The summed E-state index contributed by atoms with van der Waals surface area (Å²) >= 11 is 0. The van der Waals surface area contributed by atoms with Gasteiger partial charge < -0.3 is 14.2 Å². The second kappa shape index (κ2) is 67.4. The molecule has 6 heteroatoms. The van der Waals surface area contributed by atoms with Crippen LogP contribution in [0.3, 0.4) is 0 Å². The number of carbonyl (C=O) groups is 3. The molecular weight excluding hydrogens is 973 g/mol. The summed E-state index contributed by atoms with van der Waals surface area (Å²) in [6, 6.07) is 0. The highest BCUT2D eigenvalue weighted by atomic mass is 16.6. The normalized spacial score (nSPS) is 12.2. The van der Waals surface area contributed by atoms with Gasteiger partial charge in [-0.2, -0.15) is 0 Å². The van der Waals surface area contributed by atoms with Crippen molar-refractivity contribution in [2.45, 2.75) is 361 Å². The molecule has 0 saturated carbocycles. The fourth-order valence-corrected chi connectivity index (χ4v) is 9.95. The topological polar surface area (TPSA) is 78.9 Å². The van der Waals surface area contributed by atoms with E-state index in [1.807, 2.05) is 0 Å². The van der Waals surface area contributed by atoms with Crippen LogP contribution in [-0.2, 0) is 28.6 Å². The molecule has 0 heterocycles. The number of rotatable bonds is 63. The van der Waals surface area contributed by atoms with Gasteiger partial charge in [0.15, 0.2) is 6.10 Å². The Balaban J connectivity index is 4.40. The van der Waals surface area contributed by atoms with Crippen LogP contribution < -0.4 is 0 Å². The molecule has 0 bridgehead atoms. The van der Waals surface area contributed by atoms with Gasteiger partial charge in [0.25, 0.3) is 0 Å². The highest BCUT2D eigenvalue weighted by molar-refractivity contribution is 5.71. The molecule has 0 amide bonds. The van der Waals surface area contributed by atoms with Gasteiger partial charge in [0.05, 0.1) is 0 Å². The van der Waals surface area contributed by atoms with Gasteiger partial charge in [-0.3, -0.25) is 14.4 Å². The third-order valence-corrected chi connectivity index (χ3v) is 15.2. The van der Waals surface area contributed by atoms with Crippen molar-refractivity contribution in [3.05, 3.63) is 72.9 Å². The van der Waals surface area contributed by atoms with E-state index < -0.39 is 6.10 Å². The molecule has 6 nitrogen and oxygen atoms in total. The van der Waals surface area contributed by atoms with Crippen molar-refractivity contribution in [3.63, 3.8) is 0 Å². The second-order valence-corrected chi connectivity index (χ2v) is 23.1. The number of unbranched alkanes of at least 4 members (excludes halogenated alkanes) is 40. The smallest absolute Gasteiger partial charge is 0.306 e. The lowest BCUT2D eigenvalue weighted by Gasteiger charge is -2.18. The summed E-state index contributed by atoms with van der Waals surface area (Å²) in [6.07, 6.45) is 87.7. The van der Waals surface area contributed by atoms with Crippen molar-refractivity contribution in [3.8, 4) is 0 Å². The van der Waals surface area contributed by atoms with Crippen molar-refractivity contribution in [2.75, 3.05) is 13.2 Å². The summed E-state index contributed by atoms with van der Waals surface area (Å²) in [6.45, 7) is 6.63. The third kappa shape index (κ3) is 65.5. The summed E-state index contributed by atoms with van der Waals surface area (Å²) < 4.78 is 17.0. The van der Waals surface area contributed by atoms with Crippen LogP contribution in [0.15, 0.2) is 72.9 Å². The van der Waals surface area contributed by atoms with Crippen molar-refractivity contribution < 1.29 is 28.6 Å². The summed E-state index contributed by atoms with van der Waals surface area (Å²) in [5, 5.41) is 0. The molecule has 0 unspecified atom stereocenters. The summed E-state index contributed by atoms with van der Waals surface area (Å²) in [7, 11) is 0. The zero-order valence-electron chi connectivity index (χ0n) is 52.6. The maximum absolute atomic E-state index is 12.9. The number of ether oxygens (including phenoxy) is 3. The minimum Gasteiger partial charge on any atom is -0.462 e. The summed E-state index contributed by atoms with van der Waals surface area (Å²) in [4.78, 5) is 38.4. The third-order valence-electron chi connectivity index (χ3n) is 15.2. The van der Waals surface area contributed by atoms with E-state index in [0.29, 0.717) is 19.3 Å². The lowest BCUT2D eigenvalue weighted by atomic mass is 10.0. The molecule has 0 aliphatic rings. The van der Waals surface area contributed by atoms with E-state index >= 15 is 0 Å². The van der Waals surface area contributed by atoms with E-state index in [2.05, 4.69) is 93.7 Å². The zero-order valence-corrected chi connectivity index (χ0v) is 52.6. The first-order valence-electron chi connectivity index (χ1n) is 34.4. The van der Waals surface area contributed by atoms with Crippen LogP contribution in [0.4, 0.5) is 0 Å². The van der Waals surface area contributed by atoms with Crippen LogP contribution in [0.1, 0.15) is 355 Å². The van der Waals surface area contributed by atoms with Gasteiger partial charge in [0.1, 0.15) is 13.2 Å². The molecular formula is C73H130O6. The van der Waals surface area contributed by atoms with Crippen LogP contribution in [0.2, 0.25) is 0 Å². The van der Waals surface area contributed by atoms with E-state index in [4.69, 9.17) is 14.2 Å². The maximum Gasteiger partial charge on any atom is 0.306 e. The Morgan fingerprint density at radius 3 is 0.759 bits per heavy atom. The van der Waals surface area contributed by atoms with Crippen LogP contribution in [0.25, 0.3) is 0 Å². The quantitative estimate of drug-likeness (QED) is 0.0261. The van der Waals surface area contributed by atoms with E-state index in [0.717, 1.165) is 83.5 Å². The van der Waals surface area contributed by atoms with Crippen LogP contribution >= 0.6 is 0 Å². The molecule has 0 aliphatic carbocycles. The van der Waals surface area contributed by atoms with Crippen molar-refractivity contribution >= 4 is 17.9 Å². The Bertz CT molecular complexity index is 1390. The predicted molar refractivity (Wildman–Crippen MR) is 344 cm³/mol. The standard InChI is InChI=1S/C73H130O6/c1-4-7-10-13-16-19-22-25-28-31-34-36-39-41-44-47-50-53-56-59-62-65-71(74)77-68-70(79-73(76)67-64-61-58-55-52-49-46-43-38-33-30-27-24-21-18-15-12-9-6-3)69-78-72(75)66-63-60-57-54-51-48-45-42-40-37-35-32-29-26-23-20-17-14-11-8-5-2/h18,21,25-30,38,43,49,52,70H,4-17,19-20,22-24,31-37,39-42,44-48,50-51,53-69H2,1-3H3/b21-18-,28-25-,29-26-,30-27-,43-38-,52-49-. The molecule has 0 spiro atoms. The number of hydrogen-bond acceptors (Lipinski definition) is 6. The minimum atomic E-state index is -0.794. The Morgan fingerprint density at radius 1 is 0.253 bits per heavy atom. The maximum atomic E-state index is 12.9. The van der Waals surface area contributed by atoms with Gasteiger partial charge >= 0.3 is 17.9 Å². The lowest BCUT2D eigenvalue weighted by molar-refractivity contribution is -0.167. The average molecular weight is 1100 g/mol. The molecule has 0 N–H and O–H groups in total. The SMILES string of the molecule is CCCCC/C=C\C/C=C\C/C=C\C/C=C\CCCCCC(=O)OC(COC(=O)CCCCCCCCCCCCC/C=C\CCCCCCCC)COC(=O)CCCCCCCCCCCCC/C=C\CCCCCCCC. The molecule has 0 aromatic rings. The molecule has 0 aromatic carbocycles. The van der Waals surface area contributed by atoms with Gasteiger partial charge in [-0.1, -0.05) is 293 Å². The van der Waals surface area contributed by atoms with Gasteiger partial charge in [0, 0.05) is 19.3 Å². The van der Waals surface area contributed by atoms with Crippen LogP contribution in [0, 0.1) is 0 Å². The first-order chi connectivity index (χ1) is 39.0. The van der Waals surface area contributed by atoms with Crippen LogP contribution in [-0.4, -0.2) is 37.2 Å². The molecule has 458 valence electrons. The minimum absolute atomic E-state index is 0.0867. The van der Waals surface area contributed by atoms with E-state index in [9.17, 15) is 14.4 Å². The molecule has 79 heavy (non-hydrogen) atoms. The molecule has 0 rings (SSSR count). The van der Waals surface area contributed by atoms with E-state index in [1.165, 1.54) is 231 Å². The number of esters is 3. The Labute approximate surface area is 491 Å². The first-order valence-corrected chi connectivity index (χ1v) is 34.4. The van der Waals surface area contributed by atoms with Gasteiger partial charge in [-0.05, 0) is 116 Å².